The van der Waals surface area contributed by atoms with Gasteiger partial charge in [-0.05, 0) is 24.1 Å². The number of aliphatic imine (C=N–C) groups is 1. The van der Waals surface area contributed by atoms with Gasteiger partial charge in [0.25, 0.3) is 5.91 Å². The van der Waals surface area contributed by atoms with Crippen molar-refractivity contribution in [2.24, 2.45) is 17.8 Å². The molecule has 0 saturated carbocycles. The molecule has 8 heteroatoms. The van der Waals surface area contributed by atoms with E-state index in [9.17, 15) is 4.79 Å². The highest BCUT2D eigenvalue weighted by Gasteiger charge is 2.17. The summed E-state index contributed by atoms with van der Waals surface area (Å²) in [6, 6.07) is 14.1. The maximum Gasteiger partial charge on any atom is 0.256 e. The number of allylic oxidation sites excluding steroid dienone is 1. The largest absolute Gasteiger partial charge is 0.381 e. The molecule has 4 N–H and O–H groups in total. The fourth-order valence-electron chi connectivity index (χ4n) is 3.39. The van der Waals surface area contributed by atoms with Crippen molar-refractivity contribution in [1.82, 2.24) is 19.7 Å². The van der Waals surface area contributed by atoms with Crippen LogP contribution in [-0.2, 0) is 13.5 Å². The van der Waals surface area contributed by atoms with Gasteiger partial charge in [-0.15, -0.1) is 6.42 Å². The van der Waals surface area contributed by atoms with Gasteiger partial charge in [-0.3, -0.25) is 9.78 Å². The Morgan fingerprint density at radius 1 is 1.29 bits per heavy atom. The Morgan fingerprint density at radius 3 is 2.65 bits per heavy atom. The van der Waals surface area contributed by atoms with Crippen molar-refractivity contribution in [1.29, 1.82) is 0 Å². The van der Waals surface area contributed by atoms with E-state index in [1.54, 1.807) is 13.2 Å². The summed E-state index contributed by atoms with van der Waals surface area (Å²) in [6.45, 7) is 5.59. The Morgan fingerprint density at radius 2 is 2.03 bits per heavy atom. The molecule has 8 nitrogen and oxygen atoms in total. The highest BCUT2D eigenvalue weighted by Crippen LogP contribution is 2.26. The minimum atomic E-state index is -0.646. The molecule has 0 aliphatic heterocycles. The molecule has 0 spiro atoms. The molecule has 34 heavy (non-hydrogen) atoms. The zero-order valence-electron chi connectivity index (χ0n) is 19.1. The van der Waals surface area contributed by atoms with E-state index in [0.29, 0.717) is 5.82 Å². The minimum Gasteiger partial charge on any atom is -0.381 e. The van der Waals surface area contributed by atoms with Gasteiger partial charge in [0, 0.05) is 25.0 Å². The van der Waals surface area contributed by atoms with Gasteiger partial charge in [-0.2, -0.15) is 5.10 Å². The first-order chi connectivity index (χ1) is 16.4. The molecule has 3 heterocycles. The van der Waals surface area contributed by atoms with E-state index in [4.69, 9.17) is 22.9 Å². The second kappa shape index (κ2) is 10.7. The third-order valence-corrected chi connectivity index (χ3v) is 4.97. The molecule has 3 aromatic heterocycles. The van der Waals surface area contributed by atoms with Crippen molar-refractivity contribution in [3.63, 3.8) is 0 Å². The number of rotatable bonds is 5. The van der Waals surface area contributed by atoms with Crippen LogP contribution in [0.25, 0.3) is 22.3 Å². The van der Waals surface area contributed by atoms with E-state index in [2.05, 4.69) is 52.7 Å². The topological polar surface area (TPSA) is 125 Å². The number of primary amides is 1. The van der Waals surface area contributed by atoms with E-state index >= 15 is 0 Å². The second-order valence-electron chi connectivity index (χ2n) is 7.17. The quantitative estimate of drug-likeness (QED) is 0.352. The molecule has 4 aromatic rings. The van der Waals surface area contributed by atoms with Gasteiger partial charge in [-0.1, -0.05) is 55.8 Å². The van der Waals surface area contributed by atoms with Gasteiger partial charge in [0.1, 0.15) is 11.1 Å². The van der Waals surface area contributed by atoms with Crippen LogP contribution in [0.4, 0.5) is 11.6 Å². The number of nitrogens with zero attached hydrogens (tertiary/aromatic N) is 5. The molecule has 0 radical (unpaired) electrons. The van der Waals surface area contributed by atoms with Gasteiger partial charge in [-0.25, -0.2) is 14.7 Å². The van der Waals surface area contributed by atoms with Crippen LogP contribution in [0.15, 0.2) is 66.3 Å². The van der Waals surface area contributed by atoms with Crippen molar-refractivity contribution < 1.29 is 4.79 Å². The summed E-state index contributed by atoms with van der Waals surface area (Å²) in [7, 11) is 1.62. The minimum absolute atomic E-state index is 0.0798. The van der Waals surface area contributed by atoms with Crippen LogP contribution >= 0.6 is 0 Å². The molecule has 1 aromatic carbocycles. The molecular formula is C26H25N7O. The highest BCUT2D eigenvalue weighted by atomic mass is 16.1. The molecule has 0 atom stereocenters. The number of fused-ring (bicyclic) bond motifs is 1. The Hall–Kier alpha value is -4.77. The normalized spacial score (nSPS) is 10.5. The van der Waals surface area contributed by atoms with E-state index in [-0.39, 0.29) is 11.4 Å². The molecule has 4 rings (SSSR count). The zero-order chi connectivity index (χ0) is 24.7. The molecular weight excluding hydrogens is 426 g/mol. The Balaban J connectivity index is 0.000000204. The van der Waals surface area contributed by atoms with E-state index in [1.165, 1.54) is 22.5 Å². The fraction of sp³-hybridized carbons (Fsp3) is 0.115. The molecule has 0 aliphatic rings. The number of carbonyl (C=O) groups is 1. The predicted molar refractivity (Wildman–Crippen MR) is 137 cm³/mol. The number of aryl methyl sites for hydroxylation is 2. The van der Waals surface area contributed by atoms with Crippen molar-refractivity contribution >= 4 is 34.8 Å². The lowest BCUT2D eigenvalue weighted by atomic mass is 10.0. The molecule has 170 valence electrons. The number of hydrogen-bond donors (Lipinski definition) is 2. The van der Waals surface area contributed by atoms with Crippen LogP contribution in [0.2, 0.25) is 0 Å². The third kappa shape index (κ3) is 5.00. The molecule has 0 bridgehead atoms. The number of pyridine rings is 2. The van der Waals surface area contributed by atoms with Crippen molar-refractivity contribution in [3.05, 3.63) is 78.0 Å². The van der Waals surface area contributed by atoms with Crippen LogP contribution in [0.3, 0.4) is 0 Å². The maximum absolute atomic E-state index is 11.0. The second-order valence-corrected chi connectivity index (χ2v) is 7.17. The molecule has 0 saturated heterocycles. The number of benzene rings is 1. The number of nitrogen functional groups attached to an aromatic ring is 1. The SMILES string of the molecule is C#Cc1ccnc2cc(CC)c(-c3ccccc3)nc12.C=C/C=N\c1c(C(N)=O)c(N)nn1C. The molecule has 0 fully saturated rings. The van der Waals surface area contributed by atoms with Gasteiger partial charge in [0.05, 0.1) is 16.8 Å². The molecule has 0 unspecified atom stereocenters. The van der Waals surface area contributed by atoms with Gasteiger partial charge in [0.2, 0.25) is 0 Å². The summed E-state index contributed by atoms with van der Waals surface area (Å²) in [5.74, 6) is 2.45. The molecule has 0 aliphatic carbocycles. The Kier molecular flexibility index (Phi) is 7.52. The smallest absolute Gasteiger partial charge is 0.256 e. The average molecular weight is 452 g/mol. The first-order valence-corrected chi connectivity index (χ1v) is 10.5. The van der Waals surface area contributed by atoms with E-state index in [0.717, 1.165) is 34.3 Å². The van der Waals surface area contributed by atoms with Crippen LogP contribution in [0.5, 0.6) is 0 Å². The van der Waals surface area contributed by atoms with Gasteiger partial charge >= 0.3 is 0 Å². The summed E-state index contributed by atoms with van der Waals surface area (Å²) >= 11 is 0. The Bertz CT molecular complexity index is 1410. The molecule has 1 amide bonds. The monoisotopic (exact) mass is 451 g/mol. The van der Waals surface area contributed by atoms with Crippen LogP contribution < -0.4 is 11.5 Å². The van der Waals surface area contributed by atoms with Crippen LogP contribution in [0, 0.1) is 12.3 Å². The predicted octanol–water partition coefficient (Wildman–Crippen LogP) is 3.83. The summed E-state index contributed by atoms with van der Waals surface area (Å²) in [6.07, 6.45) is 11.1. The number of terminal acetylenes is 1. The number of aromatic nitrogens is 4. The first kappa shape index (κ1) is 23.9. The van der Waals surface area contributed by atoms with Crippen LogP contribution in [0.1, 0.15) is 28.4 Å². The average Bonchev–Trinajstić information content (AvgIpc) is 3.14. The third-order valence-electron chi connectivity index (χ3n) is 4.97. The zero-order valence-corrected chi connectivity index (χ0v) is 19.1. The number of hydrogen-bond acceptors (Lipinski definition) is 6. The first-order valence-electron chi connectivity index (χ1n) is 10.5. The summed E-state index contributed by atoms with van der Waals surface area (Å²) < 4.78 is 1.38. The van der Waals surface area contributed by atoms with Crippen molar-refractivity contribution in [2.45, 2.75) is 13.3 Å². The van der Waals surface area contributed by atoms with Gasteiger partial charge < -0.3 is 11.5 Å². The number of carbonyl (C=O) groups excluding carboxylic acids is 1. The number of amides is 1. The highest BCUT2D eigenvalue weighted by molar-refractivity contribution is 6.02. The maximum atomic E-state index is 11.0. The van der Waals surface area contributed by atoms with Crippen molar-refractivity contribution in [2.75, 3.05) is 5.73 Å². The summed E-state index contributed by atoms with van der Waals surface area (Å²) in [4.78, 5) is 24.1. The lowest BCUT2D eigenvalue weighted by molar-refractivity contribution is 0.100. The Labute approximate surface area is 198 Å². The summed E-state index contributed by atoms with van der Waals surface area (Å²) in [5.41, 5.74) is 16.5. The van der Waals surface area contributed by atoms with E-state index < -0.39 is 5.91 Å². The van der Waals surface area contributed by atoms with Gasteiger partial charge in [0.15, 0.2) is 11.6 Å². The fourth-order valence-corrected chi connectivity index (χ4v) is 3.39. The van der Waals surface area contributed by atoms with Crippen molar-refractivity contribution in [3.8, 4) is 23.6 Å². The van der Waals surface area contributed by atoms with E-state index in [1.807, 2.05) is 24.3 Å². The van der Waals surface area contributed by atoms with Crippen LogP contribution in [-0.4, -0.2) is 31.9 Å². The summed E-state index contributed by atoms with van der Waals surface area (Å²) in [5, 5.41) is 3.83. The lowest BCUT2D eigenvalue weighted by Gasteiger charge is -2.10. The number of anilines is 1. The lowest BCUT2D eigenvalue weighted by Crippen LogP contribution is -2.12. The number of nitrogens with two attached hydrogens (primary N) is 2. The standard InChI is InChI=1S/C18H14N2.C8H11N5O/c1-3-13-10-11-19-16-12-14(4-2)17(20-18(13)16)15-8-6-5-7-9-15;1-3-4-11-8-5(7(10)14)6(9)12-13(8)2/h1,5-12H,4H2,2H3;3-4H,1H2,2H3,(H2,9,12)(H2,10,14)/b;11-4-.